The van der Waals surface area contributed by atoms with Crippen LogP contribution < -0.4 is 9.64 Å². The number of nitrogens with zero attached hydrogens (tertiary/aromatic N) is 2. The van der Waals surface area contributed by atoms with Gasteiger partial charge in [-0.3, -0.25) is 0 Å². The molecule has 3 nitrogen and oxygen atoms in total. The minimum absolute atomic E-state index is 0.170. The molecule has 0 saturated carbocycles. The van der Waals surface area contributed by atoms with Crippen LogP contribution in [0.4, 0.5) is 19.0 Å². The van der Waals surface area contributed by atoms with Crippen molar-refractivity contribution in [3.8, 4) is 5.75 Å². The van der Waals surface area contributed by atoms with Gasteiger partial charge in [-0.1, -0.05) is 18.2 Å². The first-order valence-electron chi connectivity index (χ1n) is 8.41. The maximum Gasteiger partial charge on any atom is 0.573 e. The molecule has 1 saturated heterocycles. The highest BCUT2D eigenvalue weighted by Crippen LogP contribution is 2.27. The molecule has 0 unspecified atom stereocenters. The molecule has 0 bridgehead atoms. The van der Waals surface area contributed by atoms with Crippen LogP contribution >= 0.6 is 0 Å². The molecule has 6 heteroatoms. The number of aryl methyl sites for hydroxylation is 1. The van der Waals surface area contributed by atoms with E-state index in [4.69, 9.17) is 0 Å². The van der Waals surface area contributed by atoms with Crippen LogP contribution in [0, 0.1) is 12.8 Å². The maximum absolute atomic E-state index is 12.2. The van der Waals surface area contributed by atoms with Gasteiger partial charge in [-0.15, -0.1) is 13.2 Å². The van der Waals surface area contributed by atoms with Crippen molar-refractivity contribution in [2.24, 2.45) is 5.92 Å². The third-order valence-corrected chi connectivity index (χ3v) is 4.52. The van der Waals surface area contributed by atoms with Crippen LogP contribution in [0.15, 0.2) is 42.6 Å². The zero-order valence-corrected chi connectivity index (χ0v) is 14.1. The van der Waals surface area contributed by atoms with Crippen molar-refractivity contribution in [2.45, 2.75) is 32.5 Å². The lowest BCUT2D eigenvalue weighted by atomic mass is 9.90. The molecular weight excluding hydrogens is 329 g/mol. The van der Waals surface area contributed by atoms with Crippen LogP contribution in [0.25, 0.3) is 0 Å². The Labute approximate surface area is 145 Å². The predicted octanol–water partition coefficient (Wildman–Crippen LogP) is 4.75. The third-order valence-electron chi connectivity index (χ3n) is 4.52. The number of alkyl halides is 3. The van der Waals surface area contributed by atoms with E-state index in [2.05, 4.69) is 26.8 Å². The first-order valence-corrected chi connectivity index (χ1v) is 8.41. The smallest absolute Gasteiger partial charge is 0.406 e. The topological polar surface area (TPSA) is 25.4 Å². The number of hydrogen-bond acceptors (Lipinski definition) is 3. The van der Waals surface area contributed by atoms with Gasteiger partial charge in [0.25, 0.3) is 0 Å². The molecule has 134 valence electrons. The van der Waals surface area contributed by atoms with Gasteiger partial charge in [-0.2, -0.15) is 0 Å². The average molecular weight is 350 g/mol. The fourth-order valence-corrected chi connectivity index (χ4v) is 3.17. The number of hydrogen-bond donors (Lipinski definition) is 0. The molecule has 0 spiro atoms. The lowest BCUT2D eigenvalue weighted by Gasteiger charge is -2.33. The molecule has 1 fully saturated rings. The highest BCUT2D eigenvalue weighted by molar-refractivity contribution is 5.39. The summed E-state index contributed by atoms with van der Waals surface area (Å²) in [6.07, 6.45) is 0.221. The van der Waals surface area contributed by atoms with Crippen LogP contribution in [-0.4, -0.2) is 24.4 Å². The number of rotatable bonds is 4. The molecule has 0 amide bonds. The van der Waals surface area contributed by atoms with E-state index in [1.807, 2.05) is 13.1 Å². The summed E-state index contributed by atoms with van der Waals surface area (Å²) in [6, 6.07) is 10.3. The van der Waals surface area contributed by atoms with Gasteiger partial charge in [-0.25, -0.2) is 4.98 Å². The van der Waals surface area contributed by atoms with Crippen molar-refractivity contribution in [2.75, 3.05) is 18.0 Å². The molecule has 25 heavy (non-hydrogen) atoms. The Balaban J connectivity index is 1.51. The number of halogens is 3. The maximum atomic E-state index is 12.2. The van der Waals surface area contributed by atoms with Gasteiger partial charge in [-0.05, 0) is 61.4 Å². The Morgan fingerprint density at radius 2 is 1.76 bits per heavy atom. The van der Waals surface area contributed by atoms with Gasteiger partial charge in [0.15, 0.2) is 0 Å². The Morgan fingerprint density at radius 1 is 1.08 bits per heavy atom. The second-order valence-corrected chi connectivity index (χ2v) is 6.52. The summed E-state index contributed by atoms with van der Waals surface area (Å²) in [5.41, 5.74) is 2.19. The minimum Gasteiger partial charge on any atom is -0.406 e. The zero-order chi connectivity index (χ0) is 17.9. The third kappa shape index (κ3) is 5.11. The molecule has 1 aromatic heterocycles. The Kier molecular flexibility index (Phi) is 5.16. The number of anilines is 1. The van der Waals surface area contributed by atoms with E-state index in [1.54, 1.807) is 12.1 Å². The Morgan fingerprint density at radius 3 is 2.32 bits per heavy atom. The number of pyridine rings is 1. The first kappa shape index (κ1) is 17.6. The number of piperidine rings is 1. The highest BCUT2D eigenvalue weighted by atomic mass is 19.4. The first-order chi connectivity index (χ1) is 11.9. The Hall–Kier alpha value is -2.24. The standard InChI is InChI=1S/C19H21F3N2O/c1-14-2-7-18(23-13-14)24-10-8-16(9-11-24)12-15-3-5-17(6-4-15)25-19(20,21)22/h2-7,13,16H,8-12H2,1H3. The summed E-state index contributed by atoms with van der Waals surface area (Å²) >= 11 is 0. The van der Waals surface area contributed by atoms with Gasteiger partial charge < -0.3 is 9.64 Å². The van der Waals surface area contributed by atoms with Crippen LogP contribution in [0.1, 0.15) is 24.0 Å². The van der Waals surface area contributed by atoms with Gasteiger partial charge in [0, 0.05) is 19.3 Å². The van der Waals surface area contributed by atoms with Crippen LogP contribution in [0.3, 0.4) is 0 Å². The van der Waals surface area contributed by atoms with E-state index in [9.17, 15) is 13.2 Å². The SMILES string of the molecule is Cc1ccc(N2CCC(Cc3ccc(OC(F)(F)F)cc3)CC2)nc1. The average Bonchev–Trinajstić information content (AvgIpc) is 2.57. The molecule has 0 atom stereocenters. The van der Waals surface area contributed by atoms with Crippen molar-refractivity contribution < 1.29 is 17.9 Å². The van der Waals surface area contributed by atoms with Gasteiger partial charge in [0.05, 0.1) is 0 Å². The van der Waals surface area contributed by atoms with E-state index in [-0.39, 0.29) is 5.75 Å². The molecule has 1 aliphatic rings. The molecule has 2 aromatic rings. The van der Waals surface area contributed by atoms with Gasteiger partial charge in [0.1, 0.15) is 11.6 Å². The fourth-order valence-electron chi connectivity index (χ4n) is 3.17. The second kappa shape index (κ2) is 7.33. The second-order valence-electron chi connectivity index (χ2n) is 6.52. The number of ether oxygens (including phenoxy) is 1. The van der Waals surface area contributed by atoms with Crippen molar-refractivity contribution in [1.29, 1.82) is 0 Å². The van der Waals surface area contributed by atoms with Gasteiger partial charge in [0.2, 0.25) is 0 Å². The largest absolute Gasteiger partial charge is 0.573 e. The quantitative estimate of drug-likeness (QED) is 0.796. The van der Waals surface area contributed by atoms with Crippen molar-refractivity contribution in [1.82, 2.24) is 4.98 Å². The predicted molar refractivity (Wildman–Crippen MR) is 90.7 cm³/mol. The molecule has 1 aliphatic heterocycles. The van der Waals surface area contributed by atoms with Gasteiger partial charge >= 0.3 is 6.36 Å². The van der Waals surface area contributed by atoms with Crippen molar-refractivity contribution in [3.05, 3.63) is 53.7 Å². The summed E-state index contributed by atoms with van der Waals surface area (Å²) in [7, 11) is 0. The molecule has 1 aromatic carbocycles. The fraction of sp³-hybridized carbons (Fsp3) is 0.421. The zero-order valence-electron chi connectivity index (χ0n) is 14.1. The number of aromatic nitrogens is 1. The van der Waals surface area contributed by atoms with Crippen LogP contribution in [-0.2, 0) is 6.42 Å². The molecule has 0 radical (unpaired) electrons. The lowest BCUT2D eigenvalue weighted by Crippen LogP contribution is -2.34. The summed E-state index contributed by atoms with van der Waals surface area (Å²) in [5.74, 6) is 1.38. The van der Waals surface area contributed by atoms with E-state index in [0.717, 1.165) is 49.3 Å². The molecule has 0 N–H and O–H groups in total. The van der Waals surface area contributed by atoms with E-state index < -0.39 is 6.36 Å². The van der Waals surface area contributed by atoms with Crippen molar-refractivity contribution in [3.63, 3.8) is 0 Å². The summed E-state index contributed by atoms with van der Waals surface area (Å²) < 4.78 is 40.4. The molecule has 3 rings (SSSR count). The monoisotopic (exact) mass is 350 g/mol. The highest BCUT2D eigenvalue weighted by Gasteiger charge is 2.31. The van der Waals surface area contributed by atoms with E-state index in [0.29, 0.717) is 5.92 Å². The lowest BCUT2D eigenvalue weighted by molar-refractivity contribution is -0.274. The van der Waals surface area contributed by atoms with E-state index >= 15 is 0 Å². The molecular formula is C19H21F3N2O. The summed E-state index contributed by atoms with van der Waals surface area (Å²) in [5, 5.41) is 0. The summed E-state index contributed by atoms with van der Waals surface area (Å²) in [6.45, 7) is 3.93. The molecule has 0 aliphatic carbocycles. The Bertz CT molecular complexity index is 675. The summed E-state index contributed by atoms with van der Waals surface area (Å²) in [4.78, 5) is 6.76. The number of benzene rings is 1. The van der Waals surface area contributed by atoms with Crippen molar-refractivity contribution >= 4 is 5.82 Å². The normalized spacial score (nSPS) is 16.1. The van der Waals surface area contributed by atoms with Crippen LogP contribution in [0.2, 0.25) is 0 Å². The van der Waals surface area contributed by atoms with Crippen LogP contribution in [0.5, 0.6) is 5.75 Å². The van der Waals surface area contributed by atoms with E-state index in [1.165, 1.54) is 12.1 Å². The minimum atomic E-state index is -4.64. The molecule has 2 heterocycles.